The highest BCUT2D eigenvalue weighted by Gasteiger charge is 2.01. The molecule has 0 aromatic carbocycles. The molecule has 0 aliphatic carbocycles. The Kier molecular flexibility index (Phi) is 5.43. The van der Waals surface area contributed by atoms with Crippen LogP contribution in [0.15, 0.2) is 0 Å². The monoisotopic (exact) mass is 153 g/mol. The molecule has 0 amide bonds. The number of alkyl halides is 2. The first-order chi connectivity index (χ1) is 4.66. The van der Waals surface area contributed by atoms with Gasteiger partial charge in [-0.3, -0.25) is 0 Å². The summed E-state index contributed by atoms with van der Waals surface area (Å²) in [5, 5.41) is 0. The SMILES string of the molecule is CCN(C)CCOC(F)F. The molecule has 0 atom stereocenters. The van der Waals surface area contributed by atoms with Crippen LogP contribution in [-0.4, -0.2) is 38.3 Å². The van der Waals surface area contributed by atoms with Crippen LogP contribution in [0.4, 0.5) is 8.78 Å². The summed E-state index contributed by atoms with van der Waals surface area (Å²) in [5.41, 5.74) is 0. The minimum absolute atomic E-state index is 0.0992. The van der Waals surface area contributed by atoms with E-state index in [9.17, 15) is 8.78 Å². The van der Waals surface area contributed by atoms with E-state index in [1.807, 2.05) is 18.9 Å². The summed E-state index contributed by atoms with van der Waals surface area (Å²) in [6.07, 6.45) is 0. The van der Waals surface area contributed by atoms with Crippen molar-refractivity contribution in [2.24, 2.45) is 0 Å². The Morgan fingerprint density at radius 2 is 2.10 bits per heavy atom. The highest BCUT2D eigenvalue weighted by atomic mass is 19.3. The fourth-order valence-electron chi connectivity index (χ4n) is 0.456. The molecular formula is C6H13F2NO. The van der Waals surface area contributed by atoms with Crippen LogP contribution >= 0.6 is 0 Å². The van der Waals surface area contributed by atoms with Crippen LogP contribution in [0.1, 0.15) is 6.92 Å². The van der Waals surface area contributed by atoms with E-state index >= 15 is 0 Å². The van der Waals surface area contributed by atoms with Gasteiger partial charge in [-0.1, -0.05) is 6.92 Å². The molecule has 0 N–H and O–H groups in total. The van der Waals surface area contributed by atoms with Crippen molar-refractivity contribution in [3.05, 3.63) is 0 Å². The first-order valence-corrected chi connectivity index (χ1v) is 3.25. The van der Waals surface area contributed by atoms with Crippen molar-refractivity contribution in [1.82, 2.24) is 4.90 Å². The number of hydrogen-bond acceptors (Lipinski definition) is 2. The normalized spacial score (nSPS) is 11.4. The van der Waals surface area contributed by atoms with Crippen LogP contribution in [0, 0.1) is 0 Å². The summed E-state index contributed by atoms with van der Waals surface area (Å²) < 4.78 is 26.7. The number of likely N-dealkylation sites (N-methyl/N-ethyl adjacent to an activating group) is 1. The molecule has 4 heteroatoms. The molecule has 0 saturated heterocycles. The standard InChI is InChI=1S/C6H13F2NO/c1-3-9(2)4-5-10-6(7)8/h6H,3-5H2,1-2H3. The Morgan fingerprint density at radius 1 is 1.50 bits per heavy atom. The smallest absolute Gasteiger partial charge is 0.322 e. The number of halogens is 2. The second-order valence-electron chi connectivity index (χ2n) is 2.03. The van der Waals surface area contributed by atoms with Gasteiger partial charge in [0.05, 0.1) is 6.61 Å². The lowest BCUT2D eigenvalue weighted by Gasteiger charge is -2.12. The third kappa shape index (κ3) is 5.91. The molecule has 10 heavy (non-hydrogen) atoms. The van der Waals surface area contributed by atoms with Crippen molar-refractivity contribution < 1.29 is 13.5 Å². The number of hydrogen-bond donors (Lipinski definition) is 0. The van der Waals surface area contributed by atoms with E-state index in [4.69, 9.17) is 0 Å². The summed E-state index contributed by atoms with van der Waals surface area (Å²) in [7, 11) is 1.86. The fraction of sp³-hybridized carbons (Fsp3) is 1.00. The van der Waals surface area contributed by atoms with Crippen molar-refractivity contribution >= 4 is 0 Å². The van der Waals surface area contributed by atoms with Gasteiger partial charge in [-0.2, -0.15) is 8.78 Å². The zero-order chi connectivity index (χ0) is 7.98. The van der Waals surface area contributed by atoms with Gasteiger partial charge >= 0.3 is 6.61 Å². The van der Waals surface area contributed by atoms with Gasteiger partial charge in [0.1, 0.15) is 0 Å². The molecule has 0 unspecified atom stereocenters. The van der Waals surface area contributed by atoms with Crippen molar-refractivity contribution in [3.63, 3.8) is 0 Å². The van der Waals surface area contributed by atoms with Crippen molar-refractivity contribution in [1.29, 1.82) is 0 Å². The van der Waals surface area contributed by atoms with E-state index in [2.05, 4.69) is 4.74 Å². The van der Waals surface area contributed by atoms with Crippen LogP contribution in [0.5, 0.6) is 0 Å². The molecule has 0 aliphatic rings. The highest BCUT2D eigenvalue weighted by molar-refractivity contribution is 4.43. The van der Waals surface area contributed by atoms with Gasteiger partial charge in [-0.25, -0.2) is 0 Å². The molecule has 0 aromatic heterocycles. The van der Waals surface area contributed by atoms with Gasteiger partial charge in [0.25, 0.3) is 0 Å². The Labute approximate surface area is 59.8 Å². The van der Waals surface area contributed by atoms with Crippen LogP contribution in [-0.2, 0) is 4.74 Å². The molecule has 0 rings (SSSR count). The Bertz CT molecular complexity index is 80.1. The lowest BCUT2D eigenvalue weighted by molar-refractivity contribution is -0.130. The molecular weight excluding hydrogens is 140 g/mol. The Balaban J connectivity index is 3.03. The Hall–Kier alpha value is -0.220. The van der Waals surface area contributed by atoms with E-state index in [0.29, 0.717) is 6.54 Å². The number of ether oxygens (including phenoxy) is 1. The van der Waals surface area contributed by atoms with Crippen molar-refractivity contribution in [2.75, 3.05) is 26.7 Å². The molecule has 0 spiro atoms. The zero-order valence-corrected chi connectivity index (χ0v) is 6.31. The zero-order valence-electron chi connectivity index (χ0n) is 6.31. The number of rotatable bonds is 5. The second kappa shape index (κ2) is 5.56. The lowest BCUT2D eigenvalue weighted by Crippen LogP contribution is -2.23. The average molecular weight is 153 g/mol. The molecule has 0 fully saturated rings. The molecule has 0 saturated carbocycles. The van der Waals surface area contributed by atoms with E-state index in [0.717, 1.165) is 6.54 Å². The predicted molar refractivity (Wildman–Crippen MR) is 35.1 cm³/mol. The molecule has 0 radical (unpaired) electrons. The van der Waals surface area contributed by atoms with Crippen molar-refractivity contribution in [2.45, 2.75) is 13.5 Å². The van der Waals surface area contributed by atoms with Gasteiger partial charge in [-0.05, 0) is 13.6 Å². The van der Waals surface area contributed by atoms with Crippen LogP contribution in [0.3, 0.4) is 0 Å². The van der Waals surface area contributed by atoms with E-state index in [1.54, 1.807) is 0 Å². The maximum absolute atomic E-state index is 11.3. The molecule has 0 aromatic rings. The molecule has 62 valence electrons. The minimum Gasteiger partial charge on any atom is -0.322 e. The van der Waals surface area contributed by atoms with Gasteiger partial charge in [0.15, 0.2) is 0 Å². The third-order valence-corrected chi connectivity index (χ3v) is 1.26. The van der Waals surface area contributed by atoms with Gasteiger partial charge in [0, 0.05) is 6.54 Å². The fourth-order valence-corrected chi connectivity index (χ4v) is 0.456. The topological polar surface area (TPSA) is 12.5 Å². The van der Waals surface area contributed by atoms with E-state index < -0.39 is 6.61 Å². The quantitative estimate of drug-likeness (QED) is 0.588. The van der Waals surface area contributed by atoms with Crippen LogP contribution in [0.25, 0.3) is 0 Å². The first kappa shape index (κ1) is 9.78. The third-order valence-electron chi connectivity index (χ3n) is 1.26. The van der Waals surface area contributed by atoms with Gasteiger partial charge in [0.2, 0.25) is 0 Å². The van der Waals surface area contributed by atoms with Crippen molar-refractivity contribution in [3.8, 4) is 0 Å². The maximum atomic E-state index is 11.3. The maximum Gasteiger partial charge on any atom is 0.345 e. The molecule has 0 bridgehead atoms. The summed E-state index contributed by atoms with van der Waals surface area (Å²) in [6, 6.07) is 0. The lowest BCUT2D eigenvalue weighted by atomic mass is 10.5. The van der Waals surface area contributed by atoms with Crippen LogP contribution < -0.4 is 0 Å². The molecule has 0 heterocycles. The van der Waals surface area contributed by atoms with Gasteiger partial charge in [-0.15, -0.1) is 0 Å². The minimum atomic E-state index is -2.63. The summed E-state index contributed by atoms with van der Waals surface area (Å²) in [6.45, 7) is 0.836. The summed E-state index contributed by atoms with van der Waals surface area (Å²) in [5.74, 6) is 0. The van der Waals surface area contributed by atoms with Gasteiger partial charge < -0.3 is 9.64 Å². The largest absolute Gasteiger partial charge is 0.345 e. The second-order valence-corrected chi connectivity index (χ2v) is 2.03. The van der Waals surface area contributed by atoms with Crippen LogP contribution in [0.2, 0.25) is 0 Å². The molecule has 2 nitrogen and oxygen atoms in total. The molecule has 0 aliphatic heterocycles. The van der Waals surface area contributed by atoms with E-state index in [-0.39, 0.29) is 6.61 Å². The summed E-state index contributed by atoms with van der Waals surface area (Å²) >= 11 is 0. The van der Waals surface area contributed by atoms with E-state index in [1.165, 1.54) is 0 Å². The first-order valence-electron chi connectivity index (χ1n) is 3.25. The predicted octanol–water partition coefficient (Wildman–Crippen LogP) is 1.18. The highest BCUT2D eigenvalue weighted by Crippen LogP contribution is 1.93. The average Bonchev–Trinajstić information content (AvgIpc) is 1.87. The Morgan fingerprint density at radius 3 is 2.50 bits per heavy atom. The summed E-state index contributed by atoms with van der Waals surface area (Å²) in [4.78, 5) is 1.91. The number of nitrogens with zero attached hydrogens (tertiary/aromatic N) is 1.